The summed E-state index contributed by atoms with van der Waals surface area (Å²) in [5, 5.41) is 10.6. The first kappa shape index (κ1) is 16.6. The van der Waals surface area contributed by atoms with Crippen LogP contribution in [-0.2, 0) is 13.0 Å². The molecule has 0 aliphatic carbocycles. The minimum absolute atomic E-state index is 0.0917. The third kappa shape index (κ3) is 4.37. The van der Waals surface area contributed by atoms with Crippen LogP contribution in [0, 0.1) is 9.39 Å². The van der Waals surface area contributed by atoms with Crippen LogP contribution in [0.3, 0.4) is 0 Å². The molecule has 0 aliphatic heterocycles. The smallest absolute Gasteiger partial charge is 0.316 e. The van der Waals surface area contributed by atoms with Crippen molar-refractivity contribution in [1.29, 1.82) is 0 Å². The Kier molecular flexibility index (Phi) is 5.18. The topological polar surface area (TPSA) is 85.8 Å². The average Bonchev–Trinajstić information content (AvgIpc) is 3.19. The average molecular weight is 441 g/mol. The van der Waals surface area contributed by atoms with Crippen LogP contribution in [0.5, 0.6) is 0 Å². The maximum atomic E-state index is 12.8. The minimum Gasteiger partial charge on any atom is -0.347 e. The van der Waals surface area contributed by atoms with Gasteiger partial charge in [-0.3, -0.25) is 9.48 Å². The molecule has 0 fully saturated rings. The summed E-state index contributed by atoms with van der Waals surface area (Å²) in [7, 11) is 0. The number of nitrogens with one attached hydrogen (secondary N) is 1. The van der Waals surface area contributed by atoms with Crippen LogP contribution in [0.1, 0.15) is 22.1 Å². The van der Waals surface area contributed by atoms with Crippen molar-refractivity contribution in [3.8, 4) is 0 Å². The number of carbonyl (C=O) groups excluding carboxylic acids is 1. The zero-order chi connectivity index (χ0) is 16.9. The van der Waals surface area contributed by atoms with Crippen LogP contribution >= 0.6 is 22.6 Å². The molecule has 0 atom stereocenters. The van der Waals surface area contributed by atoms with Gasteiger partial charge in [-0.25, -0.2) is 4.39 Å². The lowest BCUT2D eigenvalue weighted by Crippen LogP contribution is -2.26. The fourth-order valence-corrected chi connectivity index (χ4v) is 2.47. The molecule has 1 aromatic carbocycles. The van der Waals surface area contributed by atoms with Crippen LogP contribution in [0.4, 0.5) is 4.39 Å². The van der Waals surface area contributed by atoms with Crippen molar-refractivity contribution in [2.45, 2.75) is 13.0 Å². The van der Waals surface area contributed by atoms with Crippen molar-refractivity contribution in [2.24, 2.45) is 0 Å². The molecule has 3 rings (SSSR count). The van der Waals surface area contributed by atoms with Crippen molar-refractivity contribution < 1.29 is 13.7 Å². The van der Waals surface area contributed by atoms with Gasteiger partial charge in [-0.2, -0.15) is 10.1 Å². The molecular formula is C15H13FIN5O2. The maximum absolute atomic E-state index is 12.8. The van der Waals surface area contributed by atoms with Gasteiger partial charge < -0.3 is 9.84 Å². The van der Waals surface area contributed by atoms with Gasteiger partial charge in [0.1, 0.15) is 12.4 Å². The summed E-state index contributed by atoms with van der Waals surface area (Å²) in [4.78, 5) is 16.0. The minimum atomic E-state index is -0.439. The summed E-state index contributed by atoms with van der Waals surface area (Å²) >= 11 is 2.15. The van der Waals surface area contributed by atoms with Crippen molar-refractivity contribution in [3.63, 3.8) is 0 Å². The fraction of sp³-hybridized carbons (Fsp3) is 0.200. The number of hydrogen-bond acceptors (Lipinski definition) is 5. The molecule has 0 radical (unpaired) electrons. The summed E-state index contributed by atoms with van der Waals surface area (Å²) < 4.78 is 20.4. The zero-order valence-electron chi connectivity index (χ0n) is 12.4. The second kappa shape index (κ2) is 7.51. The van der Waals surface area contributed by atoms with Crippen molar-refractivity contribution in [3.05, 3.63) is 63.3 Å². The Labute approximate surface area is 150 Å². The van der Waals surface area contributed by atoms with Crippen LogP contribution in [-0.4, -0.2) is 32.4 Å². The number of aromatic nitrogens is 4. The summed E-state index contributed by atoms with van der Waals surface area (Å²) in [5.74, 6) is -0.442. The maximum Gasteiger partial charge on any atom is 0.316 e. The van der Waals surface area contributed by atoms with E-state index in [1.54, 1.807) is 23.0 Å². The number of benzene rings is 1. The van der Waals surface area contributed by atoms with Gasteiger partial charge >= 0.3 is 11.8 Å². The largest absolute Gasteiger partial charge is 0.347 e. The molecule has 2 heterocycles. The molecule has 0 spiro atoms. The highest BCUT2D eigenvalue weighted by atomic mass is 127. The number of nitrogens with zero attached hydrogens (tertiary/aromatic N) is 4. The molecule has 124 valence electrons. The Morgan fingerprint density at radius 1 is 1.33 bits per heavy atom. The fourth-order valence-electron chi connectivity index (χ4n) is 2.03. The first-order valence-corrected chi connectivity index (χ1v) is 8.21. The summed E-state index contributed by atoms with van der Waals surface area (Å²) in [6.07, 6.45) is 4.13. The lowest BCUT2D eigenvalue weighted by atomic mass is 10.1. The zero-order valence-corrected chi connectivity index (χ0v) is 14.6. The Bertz CT molecular complexity index is 831. The second-order valence-electron chi connectivity index (χ2n) is 5.00. The first-order valence-electron chi connectivity index (χ1n) is 7.13. The Balaban J connectivity index is 1.51. The van der Waals surface area contributed by atoms with Crippen molar-refractivity contribution in [1.82, 2.24) is 25.2 Å². The quantitative estimate of drug-likeness (QED) is 0.592. The normalized spacial score (nSPS) is 10.8. The molecule has 0 saturated carbocycles. The van der Waals surface area contributed by atoms with Gasteiger partial charge in [0.15, 0.2) is 5.82 Å². The van der Waals surface area contributed by atoms with Gasteiger partial charge in [-0.1, -0.05) is 17.3 Å². The van der Waals surface area contributed by atoms with Gasteiger partial charge in [0.2, 0.25) is 0 Å². The van der Waals surface area contributed by atoms with E-state index in [4.69, 9.17) is 4.52 Å². The molecule has 7 nitrogen and oxygen atoms in total. The lowest BCUT2D eigenvalue weighted by molar-refractivity contribution is 0.0910. The van der Waals surface area contributed by atoms with E-state index in [2.05, 4.69) is 43.1 Å². The second-order valence-corrected chi connectivity index (χ2v) is 6.25. The molecule has 0 bridgehead atoms. The van der Waals surface area contributed by atoms with Gasteiger partial charge in [0.05, 0.1) is 9.77 Å². The molecule has 2 aromatic heterocycles. The Morgan fingerprint density at radius 2 is 2.12 bits per heavy atom. The monoisotopic (exact) mass is 441 g/mol. The first-order chi connectivity index (χ1) is 11.6. The molecule has 24 heavy (non-hydrogen) atoms. The molecular weight excluding hydrogens is 428 g/mol. The molecule has 0 saturated heterocycles. The summed E-state index contributed by atoms with van der Waals surface area (Å²) in [5.41, 5.74) is 0.927. The molecule has 0 unspecified atom stereocenters. The third-order valence-corrected chi connectivity index (χ3v) is 3.74. The molecule has 1 N–H and O–H groups in total. The van der Waals surface area contributed by atoms with Crippen LogP contribution in [0.2, 0.25) is 0 Å². The van der Waals surface area contributed by atoms with Crippen LogP contribution in [0.15, 0.2) is 41.2 Å². The van der Waals surface area contributed by atoms with Gasteiger partial charge in [0.25, 0.3) is 0 Å². The van der Waals surface area contributed by atoms with E-state index in [1.165, 1.54) is 12.1 Å². The predicted octanol–water partition coefficient (Wildman–Crippen LogP) is 2.03. The van der Waals surface area contributed by atoms with E-state index in [0.29, 0.717) is 25.3 Å². The highest BCUT2D eigenvalue weighted by Gasteiger charge is 2.15. The number of rotatable bonds is 6. The molecule has 1 amide bonds. The van der Waals surface area contributed by atoms with E-state index in [1.807, 2.05) is 6.20 Å². The van der Waals surface area contributed by atoms with E-state index in [-0.39, 0.29) is 11.7 Å². The molecule has 0 aliphatic rings. The van der Waals surface area contributed by atoms with Gasteiger partial charge in [0, 0.05) is 12.7 Å². The van der Waals surface area contributed by atoms with E-state index in [9.17, 15) is 9.18 Å². The SMILES string of the molecule is O=C(NCCc1ccc(F)cc1)c1nc(Cn2cc(I)cn2)no1. The highest BCUT2D eigenvalue weighted by molar-refractivity contribution is 14.1. The summed E-state index contributed by atoms with van der Waals surface area (Å²) in [6, 6.07) is 6.13. The molecule has 3 aromatic rings. The standard InChI is InChI=1S/C15H13FIN5O2/c16-11-3-1-10(2-4-11)5-6-18-14(23)15-20-13(21-24-15)9-22-8-12(17)7-19-22/h1-4,7-8H,5-6,9H2,(H,18,23). The molecule has 9 heteroatoms. The lowest BCUT2D eigenvalue weighted by Gasteiger charge is -2.02. The summed E-state index contributed by atoms with van der Waals surface area (Å²) in [6.45, 7) is 0.717. The van der Waals surface area contributed by atoms with E-state index in [0.717, 1.165) is 9.13 Å². The number of amides is 1. The van der Waals surface area contributed by atoms with Crippen molar-refractivity contribution in [2.75, 3.05) is 6.54 Å². The third-order valence-electron chi connectivity index (χ3n) is 3.18. The van der Waals surface area contributed by atoms with Gasteiger partial charge in [-0.05, 0) is 46.7 Å². The van der Waals surface area contributed by atoms with E-state index >= 15 is 0 Å². The van der Waals surface area contributed by atoms with Crippen molar-refractivity contribution >= 4 is 28.5 Å². The van der Waals surface area contributed by atoms with E-state index < -0.39 is 5.91 Å². The predicted molar refractivity (Wildman–Crippen MR) is 90.8 cm³/mol. The highest BCUT2D eigenvalue weighted by Crippen LogP contribution is 2.05. The number of carbonyl (C=O) groups is 1. The van der Waals surface area contributed by atoms with Gasteiger partial charge in [-0.15, -0.1) is 0 Å². The number of hydrogen-bond donors (Lipinski definition) is 1. The Hall–Kier alpha value is -2.30. The van der Waals surface area contributed by atoms with Crippen LogP contribution < -0.4 is 5.32 Å². The van der Waals surface area contributed by atoms with Crippen LogP contribution in [0.25, 0.3) is 0 Å². The number of halogens is 2. The Morgan fingerprint density at radius 3 is 2.83 bits per heavy atom.